The van der Waals surface area contributed by atoms with Crippen molar-refractivity contribution in [2.75, 3.05) is 30.9 Å². The van der Waals surface area contributed by atoms with Crippen molar-refractivity contribution in [1.82, 2.24) is 0 Å². The Morgan fingerprint density at radius 2 is 1.95 bits per heavy atom. The highest BCUT2D eigenvalue weighted by Gasteiger charge is 2.14. The van der Waals surface area contributed by atoms with Crippen LogP contribution >= 0.6 is 11.8 Å². The lowest BCUT2D eigenvalue weighted by Gasteiger charge is -2.22. The van der Waals surface area contributed by atoms with Gasteiger partial charge >= 0.3 is 0 Å². The Bertz CT molecular complexity index is 456. The summed E-state index contributed by atoms with van der Waals surface area (Å²) < 4.78 is 5.42. The summed E-state index contributed by atoms with van der Waals surface area (Å²) in [6.07, 6.45) is 0.559. The number of thioether (sulfide) groups is 1. The molecule has 0 fully saturated rings. The summed E-state index contributed by atoms with van der Waals surface area (Å²) in [6.45, 7) is 10.4. The molecule has 3 nitrogen and oxygen atoms in total. The Hall–Kier alpha value is -1.16. The minimum Gasteiger partial charge on any atom is -0.496 e. The van der Waals surface area contributed by atoms with Crippen molar-refractivity contribution in [3.8, 4) is 5.75 Å². The van der Waals surface area contributed by atoms with Crippen LogP contribution in [0.3, 0.4) is 0 Å². The minimum absolute atomic E-state index is 0.158. The molecule has 1 aromatic carbocycles. The van der Waals surface area contributed by atoms with Crippen molar-refractivity contribution in [2.24, 2.45) is 0 Å². The van der Waals surface area contributed by atoms with Crippen LogP contribution in [0.2, 0.25) is 0 Å². The molecule has 1 rings (SSSR count). The monoisotopic (exact) mass is 309 g/mol. The van der Waals surface area contributed by atoms with Gasteiger partial charge in [0.15, 0.2) is 5.78 Å². The van der Waals surface area contributed by atoms with E-state index in [2.05, 4.69) is 32.6 Å². The van der Waals surface area contributed by atoms with E-state index in [0.29, 0.717) is 23.0 Å². The lowest BCUT2D eigenvalue weighted by molar-refractivity contribution is 0.0986. The SMILES string of the molecule is CCN(CC)c1ccc(C(=O)CCSC(C)C)c(OC)c1. The fraction of sp³-hybridized carbons (Fsp3) is 0.588. The van der Waals surface area contributed by atoms with E-state index in [-0.39, 0.29) is 5.78 Å². The number of benzene rings is 1. The van der Waals surface area contributed by atoms with Gasteiger partial charge in [0.25, 0.3) is 0 Å². The van der Waals surface area contributed by atoms with Crippen molar-refractivity contribution in [2.45, 2.75) is 39.4 Å². The van der Waals surface area contributed by atoms with Gasteiger partial charge in [-0.2, -0.15) is 11.8 Å². The molecule has 118 valence electrons. The van der Waals surface area contributed by atoms with Crippen LogP contribution in [-0.4, -0.2) is 37.0 Å². The fourth-order valence-corrected chi connectivity index (χ4v) is 2.99. The normalized spacial score (nSPS) is 10.8. The van der Waals surface area contributed by atoms with Gasteiger partial charge in [-0.25, -0.2) is 0 Å². The first kappa shape index (κ1) is 17.9. The molecule has 0 unspecified atom stereocenters. The third-order valence-electron chi connectivity index (χ3n) is 3.39. The molecular formula is C17H27NO2S. The Kier molecular flexibility index (Phi) is 7.65. The largest absolute Gasteiger partial charge is 0.496 e. The van der Waals surface area contributed by atoms with Gasteiger partial charge in [-0.05, 0) is 31.2 Å². The molecule has 0 aliphatic carbocycles. The number of hydrogen-bond acceptors (Lipinski definition) is 4. The number of rotatable bonds is 9. The van der Waals surface area contributed by atoms with Crippen LogP contribution in [0.15, 0.2) is 18.2 Å². The number of ketones is 1. The maximum atomic E-state index is 12.3. The van der Waals surface area contributed by atoms with Crippen LogP contribution in [0, 0.1) is 0 Å². The molecule has 0 heterocycles. The third kappa shape index (κ3) is 5.27. The van der Waals surface area contributed by atoms with E-state index >= 15 is 0 Å². The number of methoxy groups -OCH3 is 1. The summed E-state index contributed by atoms with van der Waals surface area (Å²) in [5.74, 6) is 1.70. The smallest absolute Gasteiger partial charge is 0.167 e. The van der Waals surface area contributed by atoms with Gasteiger partial charge in [0.1, 0.15) is 5.75 Å². The maximum absolute atomic E-state index is 12.3. The molecule has 0 radical (unpaired) electrons. The van der Waals surface area contributed by atoms with E-state index in [1.54, 1.807) is 7.11 Å². The van der Waals surface area contributed by atoms with Crippen molar-refractivity contribution in [3.05, 3.63) is 23.8 Å². The molecule has 4 heteroatoms. The summed E-state index contributed by atoms with van der Waals surface area (Å²) in [6, 6.07) is 5.88. The molecule has 0 aliphatic heterocycles. The predicted molar refractivity (Wildman–Crippen MR) is 93.1 cm³/mol. The summed E-state index contributed by atoms with van der Waals surface area (Å²) in [5.41, 5.74) is 1.79. The van der Waals surface area contributed by atoms with E-state index in [4.69, 9.17) is 4.74 Å². The second-order valence-electron chi connectivity index (χ2n) is 5.15. The number of hydrogen-bond donors (Lipinski definition) is 0. The summed E-state index contributed by atoms with van der Waals surface area (Å²) in [5, 5.41) is 0.560. The number of carbonyl (C=O) groups excluding carboxylic acids is 1. The summed E-state index contributed by atoms with van der Waals surface area (Å²) in [7, 11) is 1.63. The molecule has 0 saturated carbocycles. The van der Waals surface area contributed by atoms with Crippen molar-refractivity contribution < 1.29 is 9.53 Å². The molecule has 0 aliphatic rings. The van der Waals surface area contributed by atoms with Crippen LogP contribution < -0.4 is 9.64 Å². The average Bonchev–Trinajstić information content (AvgIpc) is 2.47. The summed E-state index contributed by atoms with van der Waals surface area (Å²) >= 11 is 1.81. The lowest BCUT2D eigenvalue weighted by Crippen LogP contribution is -2.22. The van der Waals surface area contributed by atoms with Crippen molar-refractivity contribution >= 4 is 23.2 Å². The van der Waals surface area contributed by atoms with Crippen molar-refractivity contribution in [3.63, 3.8) is 0 Å². The van der Waals surface area contributed by atoms with Crippen LogP contribution in [0.5, 0.6) is 5.75 Å². The Morgan fingerprint density at radius 1 is 1.29 bits per heavy atom. The van der Waals surface area contributed by atoms with Crippen molar-refractivity contribution in [1.29, 1.82) is 0 Å². The summed E-state index contributed by atoms with van der Waals surface area (Å²) in [4.78, 5) is 14.6. The number of nitrogens with zero attached hydrogens (tertiary/aromatic N) is 1. The molecule has 0 saturated heterocycles. The fourth-order valence-electron chi connectivity index (χ4n) is 2.22. The second kappa shape index (κ2) is 8.98. The maximum Gasteiger partial charge on any atom is 0.167 e. The molecule has 0 bridgehead atoms. The quantitative estimate of drug-likeness (QED) is 0.638. The molecule has 21 heavy (non-hydrogen) atoms. The van der Waals surface area contributed by atoms with Gasteiger partial charge in [0.2, 0.25) is 0 Å². The number of Topliss-reactive ketones (excluding diaryl/α,β-unsaturated/α-hetero) is 1. The van der Waals surface area contributed by atoms with Crippen LogP contribution in [-0.2, 0) is 0 Å². The van der Waals surface area contributed by atoms with Gasteiger partial charge in [-0.3, -0.25) is 4.79 Å². The van der Waals surface area contributed by atoms with Crippen LogP contribution in [0.4, 0.5) is 5.69 Å². The topological polar surface area (TPSA) is 29.5 Å². The van der Waals surface area contributed by atoms with Crippen LogP contribution in [0.25, 0.3) is 0 Å². The molecule has 0 amide bonds. The highest BCUT2D eigenvalue weighted by Crippen LogP contribution is 2.27. The number of anilines is 1. The van der Waals surface area contributed by atoms with Gasteiger partial charge in [0, 0.05) is 37.0 Å². The Balaban J connectivity index is 2.85. The van der Waals surface area contributed by atoms with E-state index in [9.17, 15) is 4.79 Å². The number of carbonyl (C=O) groups is 1. The first-order valence-corrected chi connectivity index (χ1v) is 8.66. The highest BCUT2D eigenvalue weighted by molar-refractivity contribution is 7.99. The Morgan fingerprint density at radius 3 is 2.48 bits per heavy atom. The average molecular weight is 309 g/mol. The zero-order chi connectivity index (χ0) is 15.8. The molecule has 1 aromatic rings. The second-order valence-corrected chi connectivity index (χ2v) is 6.83. The zero-order valence-electron chi connectivity index (χ0n) is 13.8. The molecule has 0 N–H and O–H groups in total. The predicted octanol–water partition coefficient (Wildman–Crippen LogP) is 4.26. The standard InChI is InChI=1S/C17H27NO2S/c1-6-18(7-2)14-8-9-15(17(12-14)20-5)16(19)10-11-21-13(3)4/h8-9,12-13H,6-7,10-11H2,1-5H3. The third-order valence-corrected chi connectivity index (χ3v) is 4.50. The van der Waals surface area contributed by atoms with Crippen LogP contribution in [0.1, 0.15) is 44.5 Å². The first-order chi connectivity index (χ1) is 10.0. The van der Waals surface area contributed by atoms with Gasteiger partial charge in [0.05, 0.1) is 12.7 Å². The molecule has 0 aromatic heterocycles. The van der Waals surface area contributed by atoms with E-state index in [0.717, 1.165) is 24.5 Å². The number of ether oxygens (including phenoxy) is 1. The zero-order valence-corrected chi connectivity index (χ0v) is 14.6. The first-order valence-electron chi connectivity index (χ1n) is 7.61. The highest BCUT2D eigenvalue weighted by atomic mass is 32.2. The van der Waals surface area contributed by atoms with E-state index in [1.165, 1.54) is 0 Å². The lowest BCUT2D eigenvalue weighted by atomic mass is 10.1. The molecule has 0 spiro atoms. The van der Waals surface area contributed by atoms with E-state index in [1.807, 2.05) is 30.0 Å². The van der Waals surface area contributed by atoms with Gasteiger partial charge < -0.3 is 9.64 Å². The minimum atomic E-state index is 0.158. The molecular weight excluding hydrogens is 282 g/mol. The molecule has 0 atom stereocenters. The Labute approximate surface area is 133 Å². The van der Waals surface area contributed by atoms with Gasteiger partial charge in [-0.15, -0.1) is 0 Å². The van der Waals surface area contributed by atoms with Gasteiger partial charge in [-0.1, -0.05) is 13.8 Å². The van der Waals surface area contributed by atoms with E-state index < -0.39 is 0 Å².